The highest BCUT2D eigenvalue weighted by atomic mass is 16.5. The average Bonchev–Trinajstić information content (AvgIpc) is 2.78. The van der Waals surface area contributed by atoms with Crippen LogP contribution < -0.4 is 0 Å². The molecule has 0 radical (unpaired) electrons. The van der Waals surface area contributed by atoms with E-state index in [4.69, 9.17) is 9.63 Å². The van der Waals surface area contributed by atoms with Crippen molar-refractivity contribution in [1.29, 1.82) is 0 Å². The number of carboxylic acid groups (broad SMARTS) is 1. The Morgan fingerprint density at radius 3 is 2.81 bits per heavy atom. The molecular weight excluding hydrogens is 272 g/mol. The number of rotatable bonds is 5. The Balaban J connectivity index is 2.05. The summed E-state index contributed by atoms with van der Waals surface area (Å²) in [6.45, 7) is 6.66. The van der Waals surface area contributed by atoms with Crippen LogP contribution in [0.3, 0.4) is 0 Å². The topological polar surface area (TPSA) is 82.7 Å². The van der Waals surface area contributed by atoms with Crippen LogP contribution >= 0.6 is 0 Å². The van der Waals surface area contributed by atoms with Gasteiger partial charge in [-0.3, -0.25) is 9.69 Å². The zero-order chi connectivity index (χ0) is 15.6. The molecule has 7 nitrogen and oxygen atoms in total. The summed E-state index contributed by atoms with van der Waals surface area (Å²) >= 11 is 0. The van der Waals surface area contributed by atoms with E-state index in [1.54, 1.807) is 0 Å². The van der Waals surface area contributed by atoms with E-state index in [1.807, 2.05) is 13.8 Å². The van der Waals surface area contributed by atoms with Gasteiger partial charge in [-0.15, -0.1) is 0 Å². The van der Waals surface area contributed by atoms with Crippen LogP contribution in [0, 0.1) is 5.41 Å². The van der Waals surface area contributed by atoms with Crippen molar-refractivity contribution < 1.29 is 14.4 Å². The van der Waals surface area contributed by atoms with E-state index in [9.17, 15) is 4.79 Å². The Bertz CT molecular complexity index is 500. The summed E-state index contributed by atoms with van der Waals surface area (Å²) in [4.78, 5) is 19.8. The molecule has 21 heavy (non-hydrogen) atoms. The maximum atomic E-state index is 10.9. The van der Waals surface area contributed by atoms with Crippen LogP contribution in [-0.4, -0.2) is 64.7 Å². The Hall–Kier alpha value is -1.47. The van der Waals surface area contributed by atoms with Crippen molar-refractivity contribution in [3.63, 3.8) is 0 Å². The maximum absolute atomic E-state index is 10.9. The molecule has 2 heterocycles. The molecule has 1 unspecified atom stereocenters. The fourth-order valence-corrected chi connectivity index (χ4v) is 2.65. The summed E-state index contributed by atoms with van der Waals surface area (Å²) in [6.07, 6.45) is 0.551. The number of nitrogens with zero attached hydrogens (tertiary/aromatic N) is 4. The van der Waals surface area contributed by atoms with Gasteiger partial charge in [-0.2, -0.15) is 4.98 Å². The van der Waals surface area contributed by atoms with Crippen LogP contribution in [0.25, 0.3) is 0 Å². The number of hydrogen-bond acceptors (Lipinski definition) is 6. The molecule has 2 rings (SSSR count). The van der Waals surface area contributed by atoms with Gasteiger partial charge in [0.15, 0.2) is 5.82 Å². The molecule has 1 aromatic heterocycles. The van der Waals surface area contributed by atoms with Crippen molar-refractivity contribution in [2.24, 2.45) is 5.41 Å². The van der Waals surface area contributed by atoms with Crippen LogP contribution in [-0.2, 0) is 11.2 Å². The number of aromatic nitrogens is 2. The number of likely N-dealkylation sites (N-methyl/N-ethyl adjacent to an activating group) is 2. The summed E-state index contributed by atoms with van der Waals surface area (Å²) < 4.78 is 5.32. The molecule has 118 valence electrons. The zero-order valence-electron chi connectivity index (χ0n) is 13.2. The molecule has 1 aliphatic heterocycles. The van der Waals surface area contributed by atoms with Crippen molar-refractivity contribution >= 4 is 5.97 Å². The molecule has 0 spiro atoms. The summed E-state index contributed by atoms with van der Waals surface area (Å²) in [5, 5.41) is 13.0. The van der Waals surface area contributed by atoms with Gasteiger partial charge >= 0.3 is 5.97 Å². The van der Waals surface area contributed by atoms with Crippen molar-refractivity contribution in [2.75, 3.05) is 33.7 Å². The smallest absolute Gasteiger partial charge is 0.303 e. The molecule has 0 amide bonds. The Kier molecular flexibility index (Phi) is 4.63. The van der Waals surface area contributed by atoms with Crippen molar-refractivity contribution in [1.82, 2.24) is 19.9 Å². The summed E-state index contributed by atoms with van der Waals surface area (Å²) in [5.74, 6) is 0.386. The van der Waals surface area contributed by atoms with Crippen molar-refractivity contribution in [3.05, 3.63) is 11.7 Å². The van der Waals surface area contributed by atoms with Crippen LogP contribution in [0.5, 0.6) is 0 Å². The van der Waals surface area contributed by atoms with E-state index >= 15 is 0 Å². The lowest BCUT2D eigenvalue weighted by atomic mass is 9.86. The molecule has 1 aliphatic rings. The first-order chi connectivity index (χ1) is 9.77. The minimum atomic E-state index is -0.812. The second-order valence-electron chi connectivity index (χ2n) is 6.72. The van der Waals surface area contributed by atoms with Gasteiger partial charge in [0.1, 0.15) is 0 Å². The van der Waals surface area contributed by atoms with Gasteiger partial charge in [-0.1, -0.05) is 19.0 Å². The summed E-state index contributed by atoms with van der Waals surface area (Å²) in [6, 6.07) is 0.129. The number of piperazine rings is 1. The van der Waals surface area contributed by atoms with Crippen LogP contribution in [0.4, 0.5) is 0 Å². The fourth-order valence-electron chi connectivity index (χ4n) is 2.65. The number of carboxylic acids is 1. The standard InChI is InChI=1S/C14H24N4O3/c1-14(2,8-12(19)20)7-11-15-13(16-21-11)10-9-17(3)5-6-18(10)4/h10H,5-9H2,1-4H3,(H,19,20). The minimum absolute atomic E-state index is 0.0801. The first kappa shape index (κ1) is 15.9. The fraction of sp³-hybridized carbons (Fsp3) is 0.786. The normalized spacial score (nSPS) is 21.6. The molecule has 0 aromatic carbocycles. The molecule has 1 fully saturated rings. The lowest BCUT2D eigenvalue weighted by molar-refractivity contribution is -0.139. The summed E-state index contributed by atoms with van der Waals surface area (Å²) in [7, 11) is 4.14. The molecule has 7 heteroatoms. The predicted octanol–water partition coefficient (Wildman–Crippen LogP) is 1.03. The van der Waals surface area contributed by atoms with E-state index in [-0.39, 0.29) is 12.5 Å². The monoisotopic (exact) mass is 296 g/mol. The first-order valence-electron chi connectivity index (χ1n) is 7.20. The Labute approximate surface area is 124 Å². The average molecular weight is 296 g/mol. The molecule has 0 aliphatic carbocycles. The lowest BCUT2D eigenvalue weighted by Crippen LogP contribution is -2.45. The lowest BCUT2D eigenvalue weighted by Gasteiger charge is -2.35. The summed E-state index contributed by atoms with van der Waals surface area (Å²) in [5.41, 5.74) is -0.398. The molecule has 1 atom stereocenters. The highest BCUT2D eigenvalue weighted by molar-refractivity contribution is 5.67. The van der Waals surface area contributed by atoms with E-state index in [0.29, 0.717) is 18.1 Å². The highest BCUT2D eigenvalue weighted by Gasteiger charge is 2.30. The molecule has 0 saturated carbocycles. The third-order valence-electron chi connectivity index (χ3n) is 3.89. The van der Waals surface area contributed by atoms with Gasteiger partial charge in [0.05, 0.1) is 12.5 Å². The second kappa shape index (κ2) is 6.11. The molecule has 0 bridgehead atoms. The minimum Gasteiger partial charge on any atom is -0.481 e. The van der Waals surface area contributed by atoms with Gasteiger partial charge in [-0.05, 0) is 19.5 Å². The first-order valence-corrected chi connectivity index (χ1v) is 7.20. The highest BCUT2D eigenvalue weighted by Crippen LogP contribution is 2.27. The molecular formula is C14H24N4O3. The van der Waals surface area contributed by atoms with E-state index in [0.717, 1.165) is 19.6 Å². The molecule has 1 N–H and O–H groups in total. The number of aliphatic carboxylic acids is 1. The third kappa shape index (κ3) is 4.25. The van der Waals surface area contributed by atoms with Crippen LogP contribution in [0.2, 0.25) is 0 Å². The molecule has 1 saturated heterocycles. The number of hydrogen-bond donors (Lipinski definition) is 1. The van der Waals surface area contributed by atoms with E-state index in [2.05, 4.69) is 34.0 Å². The van der Waals surface area contributed by atoms with Crippen LogP contribution in [0.1, 0.15) is 38.0 Å². The third-order valence-corrected chi connectivity index (χ3v) is 3.89. The predicted molar refractivity (Wildman–Crippen MR) is 76.9 cm³/mol. The van der Waals surface area contributed by atoms with Gasteiger partial charge < -0.3 is 14.5 Å². The van der Waals surface area contributed by atoms with Gasteiger partial charge in [0.25, 0.3) is 0 Å². The second-order valence-corrected chi connectivity index (χ2v) is 6.72. The van der Waals surface area contributed by atoms with Crippen molar-refractivity contribution in [3.8, 4) is 0 Å². The number of carbonyl (C=O) groups is 1. The van der Waals surface area contributed by atoms with E-state index in [1.165, 1.54) is 0 Å². The van der Waals surface area contributed by atoms with E-state index < -0.39 is 11.4 Å². The zero-order valence-corrected chi connectivity index (χ0v) is 13.2. The Morgan fingerprint density at radius 2 is 2.14 bits per heavy atom. The maximum Gasteiger partial charge on any atom is 0.303 e. The largest absolute Gasteiger partial charge is 0.481 e. The SMILES string of the molecule is CN1CCN(C)C(c2noc(CC(C)(C)CC(=O)O)n2)C1. The van der Waals surface area contributed by atoms with Crippen LogP contribution in [0.15, 0.2) is 4.52 Å². The van der Waals surface area contributed by atoms with Gasteiger partial charge in [0, 0.05) is 26.1 Å². The molecule has 1 aromatic rings. The Morgan fingerprint density at radius 1 is 1.43 bits per heavy atom. The van der Waals surface area contributed by atoms with Gasteiger partial charge in [-0.25, -0.2) is 0 Å². The quantitative estimate of drug-likeness (QED) is 0.869. The van der Waals surface area contributed by atoms with Crippen molar-refractivity contribution in [2.45, 2.75) is 32.7 Å². The van der Waals surface area contributed by atoms with Gasteiger partial charge in [0.2, 0.25) is 5.89 Å².